The Hall–Kier alpha value is -0.823. The van der Waals surface area contributed by atoms with E-state index in [1.807, 2.05) is 0 Å². The van der Waals surface area contributed by atoms with Gasteiger partial charge in [0, 0.05) is 0 Å². The summed E-state index contributed by atoms with van der Waals surface area (Å²) in [5.74, 6) is 2.03. The summed E-state index contributed by atoms with van der Waals surface area (Å²) < 4.78 is 0. The van der Waals surface area contributed by atoms with Crippen LogP contribution in [0.3, 0.4) is 0 Å². The Morgan fingerprint density at radius 2 is 1.84 bits per heavy atom. The normalized spacial score (nSPS) is 23.2. The molecule has 104 valence electrons. The second-order valence-corrected chi connectivity index (χ2v) is 11.6. The van der Waals surface area contributed by atoms with Crippen LogP contribution >= 0.6 is 0 Å². The van der Waals surface area contributed by atoms with Crippen molar-refractivity contribution in [1.29, 1.82) is 0 Å². The zero-order chi connectivity index (χ0) is 14.2. The summed E-state index contributed by atoms with van der Waals surface area (Å²) >= 11 is 0. The summed E-state index contributed by atoms with van der Waals surface area (Å²) in [7, 11) is -1.44. The van der Waals surface area contributed by atoms with Gasteiger partial charge < -0.3 is 0 Å². The summed E-state index contributed by atoms with van der Waals surface area (Å²) in [4.78, 5) is 0. The van der Waals surface area contributed by atoms with Gasteiger partial charge in [-0.15, -0.1) is 0 Å². The maximum absolute atomic E-state index is 2.54. The zero-order valence-corrected chi connectivity index (χ0v) is 14.3. The molecule has 0 N–H and O–H groups in total. The summed E-state index contributed by atoms with van der Waals surface area (Å²) in [5, 5.41) is 3.45. The van der Waals surface area contributed by atoms with E-state index in [0.717, 1.165) is 0 Å². The maximum atomic E-state index is 2.54. The van der Waals surface area contributed by atoms with E-state index in [9.17, 15) is 0 Å². The molecule has 0 bridgehead atoms. The Kier molecular flexibility index (Phi) is 4.05. The van der Waals surface area contributed by atoms with Crippen molar-refractivity contribution in [2.75, 3.05) is 0 Å². The van der Waals surface area contributed by atoms with Crippen LogP contribution in [0.4, 0.5) is 0 Å². The molecule has 0 amide bonds. The van der Waals surface area contributed by atoms with E-state index in [-0.39, 0.29) is 0 Å². The van der Waals surface area contributed by atoms with Crippen molar-refractivity contribution in [2.24, 2.45) is 17.8 Å². The van der Waals surface area contributed by atoms with Crippen LogP contribution in [-0.4, -0.2) is 8.07 Å². The second-order valence-electron chi connectivity index (χ2n) is 7.14. The molecule has 0 nitrogen and oxygen atoms in total. The lowest BCUT2D eigenvalue weighted by atomic mass is 9.96. The van der Waals surface area contributed by atoms with E-state index in [4.69, 9.17) is 0 Å². The van der Waals surface area contributed by atoms with Gasteiger partial charge in [0.25, 0.3) is 0 Å². The topological polar surface area (TPSA) is 0 Å². The third kappa shape index (κ3) is 2.71. The SMILES string of the molecule is CC(C)C1=CC(C(C)C)C([Si](C)(C)C2=CC=CC2)=C1. The molecule has 0 saturated carbocycles. The van der Waals surface area contributed by atoms with Crippen LogP contribution in [0.5, 0.6) is 0 Å². The Balaban J connectivity index is 2.35. The minimum absolute atomic E-state index is 0.652. The van der Waals surface area contributed by atoms with Gasteiger partial charge in [0.05, 0.1) is 0 Å². The van der Waals surface area contributed by atoms with E-state index in [1.165, 1.54) is 6.42 Å². The average molecular weight is 273 g/mol. The molecular formula is C18H28Si. The van der Waals surface area contributed by atoms with Crippen molar-refractivity contribution >= 4 is 8.07 Å². The van der Waals surface area contributed by atoms with Crippen molar-refractivity contribution in [3.63, 3.8) is 0 Å². The Morgan fingerprint density at radius 3 is 2.32 bits per heavy atom. The Bertz CT molecular complexity index is 470. The van der Waals surface area contributed by atoms with Crippen LogP contribution in [0.15, 0.2) is 46.3 Å². The molecule has 2 rings (SSSR count). The van der Waals surface area contributed by atoms with Crippen LogP contribution in [-0.2, 0) is 0 Å². The molecular weight excluding hydrogens is 244 g/mol. The van der Waals surface area contributed by atoms with Crippen molar-refractivity contribution in [1.82, 2.24) is 0 Å². The minimum atomic E-state index is -1.44. The molecule has 2 aliphatic carbocycles. The van der Waals surface area contributed by atoms with E-state index in [1.54, 1.807) is 16.0 Å². The molecule has 0 radical (unpaired) electrons. The van der Waals surface area contributed by atoms with Gasteiger partial charge in [-0.05, 0) is 29.7 Å². The largest absolute Gasteiger partial charge is 0.104 e. The molecule has 0 aliphatic heterocycles. The molecule has 1 atom stereocenters. The van der Waals surface area contributed by atoms with Gasteiger partial charge in [0.1, 0.15) is 8.07 Å². The van der Waals surface area contributed by atoms with Crippen LogP contribution in [0.2, 0.25) is 13.1 Å². The number of hydrogen-bond acceptors (Lipinski definition) is 0. The van der Waals surface area contributed by atoms with E-state index in [2.05, 4.69) is 71.2 Å². The molecule has 1 heteroatoms. The zero-order valence-electron chi connectivity index (χ0n) is 13.3. The molecule has 0 aromatic heterocycles. The first-order chi connectivity index (χ1) is 8.84. The van der Waals surface area contributed by atoms with Gasteiger partial charge in [-0.25, -0.2) is 0 Å². The fraction of sp³-hybridized carbons (Fsp3) is 0.556. The maximum Gasteiger partial charge on any atom is 0.104 e. The summed E-state index contributed by atoms with van der Waals surface area (Å²) in [6.45, 7) is 14.4. The lowest BCUT2D eigenvalue weighted by molar-refractivity contribution is 0.542. The van der Waals surface area contributed by atoms with Crippen LogP contribution in [0.25, 0.3) is 0 Å². The van der Waals surface area contributed by atoms with Crippen molar-refractivity contribution in [3.05, 3.63) is 46.3 Å². The monoisotopic (exact) mass is 272 g/mol. The summed E-state index contributed by atoms with van der Waals surface area (Å²) in [5.41, 5.74) is 1.56. The molecule has 2 aliphatic rings. The number of hydrogen-bond donors (Lipinski definition) is 0. The number of rotatable bonds is 4. The third-order valence-corrected chi connectivity index (χ3v) is 8.63. The molecule has 0 aromatic carbocycles. The highest BCUT2D eigenvalue weighted by Gasteiger charge is 2.37. The molecule has 0 fully saturated rings. The van der Waals surface area contributed by atoms with Gasteiger partial charge in [-0.3, -0.25) is 0 Å². The van der Waals surface area contributed by atoms with Crippen LogP contribution in [0.1, 0.15) is 34.1 Å². The Morgan fingerprint density at radius 1 is 1.16 bits per heavy atom. The minimum Gasteiger partial charge on any atom is -0.0809 e. The third-order valence-electron chi connectivity index (χ3n) is 4.73. The fourth-order valence-electron chi connectivity index (χ4n) is 3.22. The molecule has 0 saturated heterocycles. The first-order valence-corrected chi connectivity index (χ1v) is 10.6. The molecule has 0 aromatic rings. The van der Waals surface area contributed by atoms with Gasteiger partial charge in [-0.2, -0.15) is 0 Å². The lowest BCUT2D eigenvalue weighted by Crippen LogP contribution is -2.35. The lowest BCUT2D eigenvalue weighted by Gasteiger charge is -2.32. The number of allylic oxidation sites excluding steroid dienone is 8. The highest BCUT2D eigenvalue weighted by Crippen LogP contribution is 2.42. The highest BCUT2D eigenvalue weighted by atomic mass is 28.3. The van der Waals surface area contributed by atoms with Crippen LogP contribution < -0.4 is 0 Å². The molecule has 0 spiro atoms. The van der Waals surface area contributed by atoms with E-state index < -0.39 is 8.07 Å². The Labute approximate surface area is 120 Å². The molecule has 0 heterocycles. The smallest absolute Gasteiger partial charge is 0.0809 e. The average Bonchev–Trinajstić information content (AvgIpc) is 2.99. The molecule has 1 unspecified atom stereocenters. The summed E-state index contributed by atoms with van der Waals surface area (Å²) in [6.07, 6.45) is 13.2. The summed E-state index contributed by atoms with van der Waals surface area (Å²) in [6, 6.07) is 0. The van der Waals surface area contributed by atoms with Gasteiger partial charge in [-0.1, -0.05) is 81.6 Å². The van der Waals surface area contributed by atoms with Crippen molar-refractivity contribution < 1.29 is 0 Å². The second kappa shape index (κ2) is 5.28. The predicted octanol–water partition coefficient (Wildman–Crippen LogP) is 5.45. The van der Waals surface area contributed by atoms with Crippen molar-refractivity contribution in [2.45, 2.75) is 47.2 Å². The van der Waals surface area contributed by atoms with Crippen molar-refractivity contribution in [3.8, 4) is 0 Å². The van der Waals surface area contributed by atoms with E-state index in [0.29, 0.717) is 17.8 Å². The first-order valence-electron chi connectivity index (χ1n) is 7.64. The predicted molar refractivity (Wildman–Crippen MR) is 88.7 cm³/mol. The van der Waals surface area contributed by atoms with Gasteiger partial charge >= 0.3 is 0 Å². The van der Waals surface area contributed by atoms with Gasteiger partial charge in [0.15, 0.2) is 0 Å². The fourth-order valence-corrected chi connectivity index (χ4v) is 6.51. The quantitative estimate of drug-likeness (QED) is 0.597. The van der Waals surface area contributed by atoms with Gasteiger partial charge in [0.2, 0.25) is 0 Å². The molecule has 19 heavy (non-hydrogen) atoms. The van der Waals surface area contributed by atoms with Crippen LogP contribution in [0, 0.1) is 17.8 Å². The standard InChI is InChI=1S/C18H28Si/c1-13(2)15-11-17(14(3)4)18(12-15)19(5,6)16-9-7-8-10-16/h7-9,11-14,17H,10H2,1-6H3. The highest BCUT2D eigenvalue weighted by molar-refractivity contribution is 6.91. The first kappa shape index (κ1) is 14.6. The van der Waals surface area contributed by atoms with E-state index >= 15 is 0 Å².